The molecule has 2 N–H and O–H groups in total. The number of nitrogens with one attached hydrogen (secondary N) is 2. The first kappa shape index (κ1) is 14.0. The van der Waals surface area contributed by atoms with E-state index in [1.807, 2.05) is 18.2 Å². The SMILES string of the molecule is O=C(NCCc1ccc(F)c(F)c1)Nc1ccccc1. The number of rotatable bonds is 4. The zero-order valence-electron chi connectivity index (χ0n) is 10.7. The highest BCUT2D eigenvalue weighted by Gasteiger charge is 2.04. The molecule has 104 valence electrons. The summed E-state index contributed by atoms with van der Waals surface area (Å²) >= 11 is 0. The summed E-state index contributed by atoms with van der Waals surface area (Å²) in [6, 6.07) is 12.4. The van der Waals surface area contributed by atoms with Crippen molar-refractivity contribution in [2.75, 3.05) is 11.9 Å². The van der Waals surface area contributed by atoms with Crippen LogP contribution in [0, 0.1) is 11.6 Å². The van der Waals surface area contributed by atoms with Crippen LogP contribution in [0.15, 0.2) is 48.5 Å². The molecule has 2 amide bonds. The van der Waals surface area contributed by atoms with Crippen molar-refractivity contribution in [2.24, 2.45) is 0 Å². The van der Waals surface area contributed by atoms with E-state index < -0.39 is 11.6 Å². The van der Waals surface area contributed by atoms with Gasteiger partial charge >= 0.3 is 6.03 Å². The summed E-state index contributed by atoms with van der Waals surface area (Å²) in [5.74, 6) is -1.75. The second kappa shape index (κ2) is 6.65. The Kier molecular flexibility index (Phi) is 4.65. The first-order valence-electron chi connectivity index (χ1n) is 6.19. The van der Waals surface area contributed by atoms with Gasteiger partial charge in [-0.1, -0.05) is 24.3 Å². The minimum absolute atomic E-state index is 0.334. The summed E-state index contributed by atoms with van der Waals surface area (Å²) in [6.45, 7) is 0.337. The average molecular weight is 276 g/mol. The number of carbonyl (C=O) groups is 1. The minimum Gasteiger partial charge on any atom is -0.338 e. The Balaban J connectivity index is 1.78. The molecule has 0 aliphatic heterocycles. The van der Waals surface area contributed by atoms with E-state index in [0.717, 1.165) is 12.1 Å². The lowest BCUT2D eigenvalue weighted by Crippen LogP contribution is -2.30. The molecule has 20 heavy (non-hydrogen) atoms. The summed E-state index contributed by atoms with van der Waals surface area (Å²) < 4.78 is 25.7. The quantitative estimate of drug-likeness (QED) is 0.883. The average Bonchev–Trinajstić information content (AvgIpc) is 2.44. The van der Waals surface area contributed by atoms with E-state index in [1.54, 1.807) is 12.1 Å². The molecule has 0 fully saturated rings. The molecule has 0 saturated carbocycles. The Labute approximate surface area is 115 Å². The lowest BCUT2D eigenvalue weighted by atomic mass is 10.1. The van der Waals surface area contributed by atoms with Gasteiger partial charge < -0.3 is 10.6 Å². The number of urea groups is 1. The molecule has 0 spiro atoms. The number of hydrogen-bond donors (Lipinski definition) is 2. The normalized spacial score (nSPS) is 10.1. The molecule has 0 radical (unpaired) electrons. The van der Waals surface area contributed by atoms with Gasteiger partial charge in [0.05, 0.1) is 0 Å². The van der Waals surface area contributed by atoms with Crippen LogP contribution >= 0.6 is 0 Å². The van der Waals surface area contributed by atoms with E-state index in [9.17, 15) is 13.6 Å². The van der Waals surface area contributed by atoms with Gasteiger partial charge in [0.15, 0.2) is 11.6 Å². The highest BCUT2D eigenvalue weighted by molar-refractivity contribution is 5.89. The fourth-order valence-corrected chi connectivity index (χ4v) is 1.71. The summed E-state index contributed by atoms with van der Waals surface area (Å²) in [5.41, 5.74) is 1.32. The molecule has 0 saturated heterocycles. The van der Waals surface area contributed by atoms with Crippen LogP contribution < -0.4 is 10.6 Å². The predicted molar refractivity (Wildman–Crippen MR) is 73.5 cm³/mol. The highest BCUT2D eigenvalue weighted by atomic mass is 19.2. The first-order chi connectivity index (χ1) is 9.65. The van der Waals surface area contributed by atoms with Gasteiger partial charge in [-0.25, -0.2) is 13.6 Å². The van der Waals surface area contributed by atoms with Crippen molar-refractivity contribution in [1.82, 2.24) is 5.32 Å². The van der Waals surface area contributed by atoms with Gasteiger partial charge in [0, 0.05) is 12.2 Å². The molecule has 0 heterocycles. The summed E-state index contributed by atoms with van der Waals surface area (Å²) in [7, 11) is 0. The third-order valence-electron chi connectivity index (χ3n) is 2.71. The molecule has 2 aromatic rings. The third-order valence-corrected chi connectivity index (χ3v) is 2.71. The fourth-order valence-electron chi connectivity index (χ4n) is 1.71. The maximum absolute atomic E-state index is 13.0. The Morgan fingerprint density at radius 1 is 1.00 bits per heavy atom. The van der Waals surface area contributed by atoms with Gasteiger partial charge in [0.1, 0.15) is 0 Å². The topological polar surface area (TPSA) is 41.1 Å². The number of hydrogen-bond acceptors (Lipinski definition) is 1. The van der Waals surface area contributed by atoms with Crippen molar-refractivity contribution >= 4 is 11.7 Å². The molecule has 0 aliphatic carbocycles. The van der Waals surface area contributed by atoms with Crippen molar-refractivity contribution in [2.45, 2.75) is 6.42 Å². The first-order valence-corrected chi connectivity index (χ1v) is 6.19. The molecule has 2 rings (SSSR count). The molecule has 0 aromatic heterocycles. The van der Waals surface area contributed by atoms with Crippen LogP contribution in [0.25, 0.3) is 0 Å². The summed E-state index contributed by atoms with van der Waals surface area (Å²) in [6.07, 6.45) is 0.430. The Bertz CT molecular complexity index is 588. The highest BCUT2D eigenvalue weighted by Crippen LogP contribution is 2.09. The molecule has 2 aromatic carbocycles. The van der Waals surface area contributed by atoms with Gasteiger partial charge in [0.25, 0.3) is 0 Å². The molecule has 0 aliphatic rings. The lowest BCUT2D eigenvalue weighted by molar-refractivity contribution is 0.252. The third kappa shape index (κ3) is 4.05. The number of benzene rings is 2. The van der Waals surface area contributed by atoms with E-state index >= 15 is 0 Å². The van der Waals surface area contributed by atoms with E-state index in [1.165, 1.54) is 6.07 Å². The van der Waals surface area contributed by atoms with Gasteiger partial charge in [0.2, 0.25) is 0 Å². The van der Waals surface area contributed by atoms with Crippen molar-refractivity contribution in [3.63, 3.8) is 0 Å². The number of halogens is 2. The fraction of sp³-hybridized carbons (Fsp3) is 0.133. The zero-order valence-corrected chi connectivity index (χ0v) is 10.7. The van der Waals surface area contributed by atoms with Crippen LogP contribution in [-0.2, 0) is 6.42 Å². The van der Waals surface area contributed by atoms with Crippen molar-refractivity contribution < 1.29 is 13.6 Å². The molecular weight excluding hydrogens is 262 g/mol. The molecule has 0 atom stereocenters. The number of amides is 2. The monoisotopic (exact) mass is 276 g/mol. The van der Waals surface area contributed by atoms with Crippen LogP contribution in [0.1, 0.15) is 5.56 Å². The van der Waals surface area contributed by atoms with E-state index in [2.05, 4.69) is 10.6 Å². The zero-order chi connectivity index (χ0) is 14.4. The van der Waals surface area contributed by atoms with Gasteiger partial charge in [-0.3, -0.25) is 0 Å². The van der Waals surface area contributed by atoms with Crippen LogP contribution in [-0.4, -0.2) is 12.6 Å². The van der Waals surface area contributed by atoms with Crippen molar-refractivity contribution in [3.8, 4) is 0 Å². The van der Waals surface area contributed by atoms with Gasteiger partial charge in [-0.2, -0.15) is 0 Å². The number of carbonyl (C=O) groups excluding carboxylic acids is 1. The van der Waals surface area contributed by atoms with Crippen LogP contribution in [0.4, 0.5) is 19.3 Å². The smallest absolute Gasteiger partial charge is 0.319 e. The van der Waals surface area contributed by atoms with Crippen molar-refractivity contribution in [3.05, 3.63) is 65.7 Å². The number of anilines is 1. The standard InChI is InChI=1S/C15H14F2N2O/c16-13-7-6-11(10-14(13)17)8-9-18-15(20)19-12-4-2-1-3-5-12/h1-7,10H,8-9H2,(H2,18,19,20). The summed E-state index contributed by atoms with van der Waals surface area (Å²) in [5, 5.41) is 5.31. The largest absolute Gasteiger partial charge is 0.338 e. The number of para-hydroxylation sites is 1. The Morgan fingerprint density at radius 2 is 1.75 bits per heavy atom. The minimum atomic E-state index is -0.878. The van der Waals surface area contributed by atoms with Gasteiger partial charge in [-0.15, -0.1) is 0 Å². The maximum Gasteiger partial charge on any atom is 0.319 e. The Hall–Kier alpha value is -2.43. The van der Waals surface area contributed by atoms with E-state index in [-0.39, 0.29) is 6.03 Å². The van der Waals surface area contributed by atoms with Crippen LogP contribution in [0.3, 0.4) is 0 Å². The molecule has 5 heteroatoms. The van der Waals surface area contributed by atoms with Crippen LogP contribution in [0.5, 0.6) is 0 Å². The summed E-state index contributed by atoms with van der Waals surface area (Å²) in [4.78, 5) is 11.6. The predicted octanol–water partition coefficient (Wildman–Crippen LogP) is 3.33. The Morgan fingerprint density at radius 3 is 2.45 bits per heavy atom. The van der Waals surface area contributed by atoms with E-state index in [4.69, 9.17) is 0 Å². The molecular formula is C15H14F2N2O. The molecule has 0 bridgehead atoms. The molecule has 3 nitrogen and oxygen atoms in total. The molecule has 0 unspecified atom stereocenters. The lowest BCUT2D eigenvalue weighted by Gasteiger charge is -2.07. The van der Waals surface area contributed by atoms with Crippen molar-refractivity contribution in [1.29, 1.82) is 0 Å². The van der Waals surface area contributed by atoms with Crippen LogP contribution in [0.2, 0.25) is 0 Å². The van der Waals surface area contributed by atoms with Gasteiger partial charge in [-0.05, 0) is 36.2 Å². The van der Waals surface area contributed by atoms with E-state index in [0.29, 0.717) is 24.2 Å². The second-order valence-corrected chi connectivity index (χ2v) is 4.25. The maximum atomic E-state index is 13.0. The second-order valence-electron chi connectivity index (χ2n) is 4.25.